The molecular weight excluding hydrogens is 294 g/mol. The number of hydrogen-bond acceptors (Lipinski definition) is 4. The molecule has 6 heteroatoms. The van der Waals surface area contributed by atoms with Crippen molar-refractivity contribution in [2.24, 2.45) is 0 Å². The highest BCUT2D eigenvalue weighted by atomic mass is 16.8. The number of para-hydroxylation sites is 1. The third-order valence-corrected chi connectivity index (χ3v) is 3.57. The molecule has 2 amide bonds. The lowest BCUT2D eigenvalue weighted by Crippen LogP contribution is -2.22. The fourth-order valence-corrected chi connectivity index (χ4v) is 2.32. The SMILES string of the molecule is COC1(c2ccccc2NC(=O)Nc2cccc(C#N)c2)CO1.[HH].[HH]. The number of hydrogen-bond donors (Lipinski definition) is 2. The van der Waals surface area contributed by atoms with Crippen molar-refractivity contribution < 1.29 is 17.1 Å². The summed E-state index contributed by atoms with van der Waals surface area (Å²) in [6.07, 6.45) is 0. The zero-order valence-electron chi connectivity index (χ0n) is 12.5. The summed E-state index contributed by atoms with van der Waals surface area (Å²) in [4.78, 5) is 12.2. The third-order valence-electron chi connectivity index (χ3n) is 3.57. The molecule has 1 saturated heterocycles. The summed E-state index contributed by atoms with van der Waals surface area (Å²) in [5.74, 6) is -0.773. The van der Waals surface area contributed by atoms with Crippen LogP contribution in [0, 0.1) is 11.3 Å². The van der Waals surface area contributed by atoms with Gasteiger partial charge in [0.1, 0.15) is 6.61 Å². The van der Waals surface area contributed by atoms with Crippen LogP contribution in [0.15, 0.2) is 48.5 Å². The van der Waals surface area contributed by atoms with E-state index in [9.17, 15) is 4.79 Å². The van der Waals surface area contributed by atoms with E-state index < -0.39 is 11.8 Å². The molecule has 0 spiro atoms. The van der Waals surface area contributed by atoms with E-state index in [-0.39, 0.29) is 2.85 Å². The van der Waals surface area contributed by atoms with Gasteiger partial charge in [-0.2, -0.15) is 5.26 Å². The van der Waals surface area contributed by atoms with E-state index in [4.69, 9.17) is 14.7 Å². The summed E-state index contributed by atoms with van der Waals surface area (Å²) in [7, 11) is 1.57. The van der Waals surface area contributed by atoms with Gasteiger partial charge in [-0.15, -0.1) is 0 Å². The molecule has 0 saturated carbocycles. The van der Waals surface area contributed by atoms with Crippen molar-refractivity contribution in [1.29, 1.82) is 5.26 Å². The van der Waals surface area contributed by atoms with Crippen LogP contribution in [-0.2, 0) is 15.3 Å². The number of anilines is 2. The average Bonchev–Trinajstić information content (AvgIpc) is 3.36. The number of nitrogens with zero attached hydrogens (tertiary/aromatic N) is 1. The minimum Gasteiger partial charge on any atom is -0.347 e. The van der Waals surface area contributed by atoms with Gasteiger partial charge in [0.05, 0.1) is 17.3 Å². The van der Waals surface area contributed by atoms with Gasteiger partial charge in [-0.25, -0.2) is 4.79 Å². The van der Waals surface area contributed by atoms with Gasteiger partial charge >= 0.3 is 6.03 Å². The Kier molecular flexibility index (Phi) is 3.98. The lowest BCUT2D eigenvalue weighted by Gasteiger charge is -2.16. The quantitative estimate of drug-likeness (QED) is 0.845. The van der Waals surface area contributed by atoms with Gasteiger partial charge in [0.15, 0.2) is 0 Å². The lowest BCUT2D eigenvalue weighted by atomic mass is 10.1. The molecular formula is C17H19N3O3. The molecule has 23 heavy (non-hydrogen) atoms. The van der Waals surface area contributed by atoms with Crippen LogP contribution in [0.3, 0.4) is 0 Å². The monoisotopic (exact) mass is 313 g/mol. The molecule has 0 bridgehead atoms. The molecule has 0 radical (unpaired) electrons. The zero-order chi connectivity index (χ0) is 16.3. The van der Waals surface area contributed by atoms with E-state index in [1.54, 1.807) is 37.4 Å². The second kappa shape index (κ2) is 6.08. The normalized spacial score (nSPS) is 18.8. The number of amides is 2. The van der Waals surface area contributed by atoms with Crippen molar-refractivity contribution in [2.45, 2.75) is 5.79 Å². The Bertz CT molecular complexity index is 789. The number of carbonyl (C=O) groups excluding carboxylic acids is 1. The summed E-state index contributed by atoms with van der Waals surface area (Å²) in [5.41, 5.74) is 2.40. The average molecular weight is 313 g/mol. The number of ether oxygens (including phenoxy) is 2. The second-order valence-electron chi connectivity index (χ2n) is 5.06. The number of carbonyl (C=O) groups is 1. The maximum absolute atomic E-state index is 12.2. The molecule has 1 aliphatic rings. The molecule has 1 aliphatic heterocycles. The van der Waals surface area contributed by atoms with Gasteiger partial charge < -0.3 is 20.1 Å². The first-order chi connectivity index (χ1) is 11.2. The highest BCUT2D eigenvalue weighted by molar-refractivity contribution is 6.00. The van der Waals surface area contributed by atoms with E-state index >= 15 is 0 Å². The maximum atomic E-state index is 12.2. The molecule has 1 heterocycles. The summed E-state index contributed by atoms with van der Waals surface area (Å²) < 4.78 is 10.7. The fraction of sp³-hybridized carbons (Fsp3) is 0.176. The summed E-state index contributed by atoms with van der Waals surface area (Å²) in [6, 6.07) is 15.6. The van der Waals surface area contributed by atoms with Crippen LogP contribution in [0.25, 0.3) is 0 Å². The predicted octanol–water partition coefficient (Wildman–Crippen LogP) is 3.52. The van der Waals surface area contributed by atoms with Crippen LogP contribution >= 0.6 is 0 Å². The molecule has 1 atom stereocenters. The van der Waals surface area contributed by atoms with Gasteiger partial charge in [-0.1, -0.05) is 24.3 Å². The van der Waals surface area contributed by atoms with Crippen LogP contribution in [0.4, 0.5) is 16.2 Å². The van der Waals surface area contributed by atoms with Crippen LogP contribution in [0.1, 0.15) is 14.0 Å². The minimum atomic E-state index is -0.773. The highest BCUT2D eigenvalue weighted by Crippen LogP contribution is 2.42. The summed E-state index contributed by atoms with van der Waals surface area (Å²) in [5, 5.41) is 14.4. The number of urea groups is 1. The van der Waals surface area contributed by atoms with Crippen molar-refractivity contribution in [2.75, 3.05) is 24.4 Å². The molecule has 1 unspecified atom stereocenters. The summed E-state index contributed by atoms with van der Waals surface area (Å²) >= 11 is 0. The zero-order valence-corrected chi connectivity index (χ0v) is 12.5. The van der Waals surface area contributed by atoms with Crippen LogP contribution in [-0.4, -0.2) is 19.7 Å². The third kappa shape index (κ3) is 3.16. The Labute approximate surface area is 136 Å². The fourth-order valence-electron chi connectivity index (χ4n) is 2.32. The first-order valence-corrected chi connectivity index (χ1v) is 7.04. The first-order valence-electron chi connectivity index (χ1n) is 7.04. The van der Waals surface area contributed by atoms with Crippen molar-refractivity contribution in [3.8, 4) is 6.07 Å². The molecule has 0 aliphatic carbocycles. The van der Waals surface area contributed by atoms with Crippen molar-refractivity contribution in [3.63, 3.8) is 0 Å². The van der Waals surface area contributed by atoms with Gasteiger partial charge in [-0.05, 0) is 24.3 Å². The summed E-state index contributed by atoms with van der Waals surface area (Å²) in [6.45, 7) is 0.452. The number of nitriles is 1. The second-order valence-corrected chi connectivity index (χ2v) is 5.06. The molecule has 2 N–H and O–H groups in total. The molecule has 1 fully saturated rings. The Balaban J connectivity index is 0.00000156. The van der Waals surface area contributed by atoms with Crippen LogP contribution < -0.4 is 10.6 Å². The minimum absolute atomic E-state index is 0. The highest BCUT2D eigenvalue weighted by Gasteiger charge is 2.48. The lowest BCUT2D eigenvalue weighted by molar-refractivity contribution is -0.0132. The van der Waals surface area contributed by atoms with E-state index in [2.05, 4.69) is 10.6 Å². The molecule has 0 aromatic heterocycles. The molecule has 3 rings (SSSR count). The molecule has 2 aromatic carbocycles. The number of epoxide rings is 1. The molecule has 2 aromatic rings. The predicted molar refractivity (Wildman–Crippen MR) is 89.1 cm³/mol. The number of nitrogens with one attached hydrogen (secondary N) is 2. The van der Waals surface area contributed by atoms with E-state index in [1.165, 1.54) is 0 Å². The van der Waals surface area contributed by atoms with Gasteiger partial charge in [-0.3, -0.25) is 0 Å². The van der Waals surface area contributed by atoms with Crippen LogP contribution in [0.5, 0.6) is 0 Å². The smallest absolute Gasteiger partial charge is 0.323 e. The molecule has 120 valence electrons. The Morgan fingerprint density at radius 1 is 1.30 bits per heavy atom. The van der Waals surface area contributed by atoms with E-state index in [1.807, 2.05) is 24.3 Å². The van der Waals surface area contributed by atoms with E-state index in [0.29, 0.717) is 23.5 Å². The maximum Gasteiger partial charge on any atom is 0.323 e. The van der Waals surface area contributed by atoms with Gasteiger partial charge in [0.25, 0.3) is 0 Å². The standard InChI is InChI=1S/C17H15N3O3.2H2/c1-22-17(11-23-17)14-7-2-3-8-15(14)20-16(21)19-13-6-4-5-12(9-13)10-18;;/h2-9H,11H2,1H3,(H2,19,20,21);2*1H. The van der Waals surface area contributed by atoms with Gasteiger partial charge in [0.2, 0.25) is 5.79 Å². The number of methoxy groups -OCH3 is 1. The Hall–Kier alpha value is -2.88. The van der Waals surface area contributed by atoms with Gasteiger partial charge in [0, 0.05) is 21.2 Å². The van der Waals surface area contributed by atoms with Crippen molar-refractivity contribution >= 4 is 17.4 Å². The van der Waals surface area contributed by atoms with E-state index in [0.717, 1.165) is 5.56 Å². The van der Waals surface area contributed by atoms with Crippen molar-refractivity contribution in [1.82, 2.24) is 0 Å². The molecule has 6 nitrogen and oxygen atoms in total. The number of benzene rings is 2. The topological polar surface area (TPSA) is 86.7 Å². The Morgan fingerprint density at radius 2 is 2.09 bits per heavy atom. The van der Waals surface area contributed by atoms with Crippen LogP contribution in [0.2, 0.25) is 0 Å². The van der Waals surface area contributed by atoms with Crippen molar-refractivity contribution in [3.05, 3.63) is 59.7 Å². The Morgan fingerprint density at radius 3 is 2.78 bits per heavy atom. The largest absolute Gasteiger partial charge is 0.347 e. The number of rotatable bonds is 4. The first kappa shape index (κ1) is 15.0.